The van der Waals surface area contributed by atoms with Crippen LogP contribution in [0.4, 0.5) is 0 Å². The van der Waals surface area contributed by atoms with E-state index in [9.17, 15) is 5.11 Å². The third kappa shape index (κ3) is 2.21. The summed E-state index contributed by atoms with van der Waals surface area (Å²) in [5.74, 6) is 0.844. The van der Waals surface area contributed by atoms with E-state index in [4.69, 9.17) is 4.98 Å². The second kappa shape index (κ2) is 4.05. The van der Waals surface area contributed by atoms with E-state index in [1.807, 2.05) is 13.0 Å². The molecule has 1 aromatic heterocycles. The molecule has 1 saturated carbocycles. The van der Waals surface area contributed by atoms with Gasteiger partial charge < -0.3 is 5.11 Å². The maximum atomic E-state index is 9.59. The minimum absolute atomic E-state index is 0.0306. The molecule has 0 unspecified atom stereocenters. The summed E-state index contributed by atoms with van der Waals surface area (Å²) in [5, 5.41) is 9.59. The molecular formula is C14H22N2O. The molecule has 1 heterocycles. The first-order valence-corrected chi connectivity index (χ1v) is 6.35. The lowest BCUT2D eigenvalue weighted by Gasteiger charge is -2.39. The number of hydrogen-bond acceptors (Lipinski definition) is 3. The summed E-state index contributed by atoms with van der Waals surface area (Å²) >= 11 is 0. The molecule has 3 heteroatoms. The topological polar surface area (TPSA) is 46.0 Å². The lowest BCUT2D eigenvalue weighted by Crippen LogP contribution is -2.40. The van der Waals surface area contributed by atoms with Gasteiger partial charge in [-0.25, -0.2) is 9.97 Å². The lowest BCUT2D eigenvalue weighted by molar-refractivity contribution is 0.111. The summed E-state index contributed by atoms with van der Waals surface area (Å²) in [6.07, 6.45) is 3.19. The monoisotopic (exact) mass is 234 g/mol. The summed E-state index contributed by atoms with van der Waals surface area (Å²) in [6.45, 7) is 8.64. The SMILES string of the molecule is Cc1cc(C(C)(C)C)nc(C2(CO)CCC2)n1. The van der Waals surface area contributed by atoms with Crippen molar-refractivity contribution in [2.24, 2.45) is 0 Å². The minimum atomic E-state index is -0.161. The number of aliphatic hydroxyl groups is 1. The Bertz CT molecular complexity index is 411. The van der Waals surface area contributed by atoms with Crippen LogP contribution in [0.5, 0.6) is 0 Å². The molecule has 94 valence electrons. The number of rotatable bonds is 2. The predicted octanol–water partition coefficient (Wildman–Crippen LogP) is 2.50. The molecule has 0 saturated heterocycles. The van der Waals surface area contributed by atoms with Crippen molar-refractivity contribution >= 4 is 0 Å². The Hall–Kier alpha value is -0.960. The van der Waals surface area contributed by atoms with Crippen LogP contribution in [0.25, 0.3) is 0 Å². The Morgan fingerprint density at radius 3 is 2.35 bits per heavy atom. The van der Waals surface area contributed by atoms with Crippen LogP contribution in [0.3, 0.4) is 0 Å². The fourth-order valence-electron chi connectivity index (χ4n) is 2.25. The number of hydrogen-bond donors (Lipinski definition) is 1. The molecule has 2 rings (SSSR count). The van der Waals surface area contributed by atoms with E-state index in [2.05, 4.69) is 25.8 Å². The standard InChI is InChI=1S/C14H22N2O/c1-10-8-11(13(2,3)4)16-12(15-10)14(9-17)6-5-7-14/h8,17H,5-7,9H2,1-4H3. The van der Waals surface area contributed by atoms with Crippen molar-refractivity contribution in [3.05, 3.63) is 23.3 Å². The van der Waals surface area contributed by atoms with Gasteiger partial charge >= 0.3 is 0 Å². The largest absolute Gasteiger partial charge is 0.395 e. The normalized spacial score (nSPS) is 18.9. The zero-order valence-electron chi connectivity index (χ0n) is 11.2. The van der Waals surface area contributed by atoms with Gasteiger partial charge in [-0.15, -0.1) is 0 Å². The molecule has 1 aromatic rings. The fraction of sp³-hybridized carbons (Fsp3) is 0.714. The lowest BCUT2D eigenvalue weighted by atomic mass is 9.68. The van der Waals surface area contributed by atoms with Gasteiger partial charge in [0.05, 0.1) is 12.0 Å². The van der Waals surface area contributed by atoms with Crippen molar-refractivity contribution in [1.82, 2.24) is 9.97 Å². The third-order valence-electron chi connectivity index (χ3n) is 3.71. The Labute approximate surface area is 103 Å². The third-order valence-corrected chi connectivity index (χ3v) is 3.71. The van der Waals surface area contributed by atoms with E-state index in [0.717, 1.165) is 30.1 Å². The minimum Gasteiger partial charge on any atom is -0.395 e. The highest BCUT2D eigenvalue weighted by Crippen LogP contribution is 2.42. The summed E-state index contributed by atoms with van der Waals surface area (Å²) in [7, 11) is 0. The molecule has 0 radical (unpaired) electrons. The molecule has 1 aliphatic carbocycles. The van der Waals surface area contributed by atoms with Crippen LogP contribution in [0.1, 0.15) is 57.2 Å². The van der Waals surface area contributed by atoms with Gasteiger partial charge in [0.2, 0.25) is 0 Å². The highest BCUT2D eigenvalue weighted by molar-refractivity contribution is 5.22. The van der Waals surface area contributed by atoms with Gasteiger partial charge in [0, 0.05) is 16.8 Å². The fourth-order valence-corrected chi connectivity index (χ4v) is 2.25. The Morgan fingerprint density at radius 2 is 1.94 bits per heavy atom. The van der Waals surface area contributed by atoms with Crippen LogP contribution in [-0.2, 0) is 10.8 Å². The number of nitrogens with zero attached hydrogens (tertiary/aromatic N) is 2. The second-order valence-electron chi connectivity index (χ2n) is 6.26. The number of aryl methyl sites for hydroxylation is 1. The van der Waals surface area contributed by atoms with Crippen LogP contribution in [0, 0.1) is 6.92 Å². The van der Waals surface area contributed by atoms with Gasteiger partial charge in [-0.3, -0.25) is 0 Å². The van der Waals surface area contributed by atoms with Gasteiger partial charge in [-0.05, 0) is 25.8 Å². The first-order valence-electron chi connectivity index (χ1n) is 6.35. The van der Waals surface area contributed by atoms with Crippen LogP contribution in [0.2, 0.25) is 0 Å². The summed E-state index contributed by atoms with van der Waals surface area (Å²) < 4.78 is 0. The van der Waals surface area contributed by atoms with Gasteiger partial charge in [0.1, 0.15) is 5.82 Å². The van der Waals surface area contributed by atoms with E-state index < -0.39 is 0 Å². The molecule has 1 fully saturated rings. The molecular weight excluding hydrogens is 212 g/mol. The van der Waals surface area contributed by atoms with E-state index in [1.54, 1.807) is 0 Å². The van der Waals surface area contributed by atoms with Crippen molar-refractivity contribution in [2.45, 2.75) is 57.8 Å². The van der Waals surface area contributed by atoms with Gasteiger partial charge in [0.15, 0.2) is 0 Å². The predicted molar refractivity (Wildman–Crippen MR) is 68.1 cm³/mol. The van der Waals surface area contributed by atoms with E-state index >= 15 is 0 Å². The summed E-state index contributed by atoms with van der Waals surface area (Å²) in [6, 6.07) is 2.05. The first kappa shape index (κ1) is 12.5. The Kier molecular flexibility index (Phi) is 2.98. The van der Waals surface area contributed by atoms with Crippen LogP contribution in [-0.4, -0.2) is 21.7 Å². The van der Waals surface area contributed by atoms with Crippen molar-refractivity contribution in [3.8, 4) is 0 Å². The van der Waals surface area contributed by atoms with Gasteiger partial charge in [-0.1, -0.05) is 27.2 Å². The van der Waals surface area contributed by atoms with Crippen molar-refractivity contribution in [1.29, 1.82) is 0 Å². The maximum Gasteiger partial charge on any atom is 0.137 e. The molecule has 0 aromatic carbocycles. The van der Waals surface area contributed by atoms with E-state index in [-0.39, 0.29) is 17.4 Å². The van der Waals surface area contributed by atoms with E-state index in [1.165, 1.54) is 6.42 Å². The molecule has 1 aliphatic rings. The summed E-state index contributed by atoms with van der Waals surface area (Å²) in [4.78, 5) is 9.24. The molecule has 0 amide bonds. The average Bonchev–Trinajstić information content (AvgIpc) is 2.14. The van der Waals surface area contributed by atoms with Crippen LogP contribution in [0.15, 0.2) is 6.07 Å². The molecule has 0 bridgehead atoms. The van der Waals surface area contributed by atoms with E-state index in [0.29, 0.717) is 0 Å². The molecule has 0 spiro atoms. The highest BCUT2D eigenvalue weighted by atomic mass is 16.3. The molecule has 3 nitrogen and oxygen atoms in total. The molecule has 0 atom stereocenters. The van der Waals surface area contributed by atoms with Gasteiger partial charge in [-0.2, -0.15) is 0 Å². The number of aliphatic hydroxyl groups excluding tert-OH is 1. The Morgan fingerprint density at radius 1 is 1.29 bits per heavy atom. The van der Waals surface area contributed by atoms with Gasteiger partial charge in [0.25, 0.3) is 0 Å². The Balaban J connectivity index is 2.45. The quantitative estimate of drug-likeness (QED) is 0.855. The zero-order valence-corrected chi connectivity index (χ0v) is 11.2. The van der Waals surface area contributed by atoms with Crippen molar-refractivity contribution < 1.29 is 5.11 Å². The van der Waals surface area contributed by atoms with Crippen molar-refractivity contribution in [3.63, 3.8) is 0 Å². The maximum absolute atomic E-state index is 9.59. The van der Waals surface area contributed by atoms with Crippen LogP contribution >= 0.6 is 0 Å². The average molecular weight is 234 g/mol. The molecule has 0 aliphatic heterocycles. The second-order valence-corrected chi connectivity index (χ2v) is 6.26. The zero-order chi connectivity index (χ0) is 12.7. The smallest absolute Gasteiger partial charge is 0.137 e. The molecule has 1 N–H and O–H groups in total. The van der Waals surface area contributed by atoms with Crippen LogP contribution < -0.4 is 0 Å². The summed E-state index contributed by atoms with van der Waals surface area (Å²) in [5.41, 5.74) is 1.94. The number of aromatic nitrogens is 2. The highest BCUT2D eigenvalue weighted by Gasteiger charge is 2.41. The molecule has 17 heavy (non-hydrogen) atoms. The first-order chi connectivity index (χ1) is 7.87. The van der Waals surface area contributed by atoms with Crippen molar-refractivity contribution in [2.75, 3.05) is 6.61 Å².